The van der Waals surface area contributed by atoms with Crippen LogP contribution in [0.3, 0.4) is 0 Å². The minimum absolute atomic E-state index is 0.145. The minimum Gasteiger partial charge on any atom is -0.489 e. The molecule has 0 saturated heterocycles. The van der Waals surface area contributed by atoms with Crippen molar-refractivity contribution in [1.82, 2.24) is 0 Å². The van der Waals surface area contributed by atoms with Gasteiger partial charge in [-0.25, -0.2) is 4.39 Å². The van der Waals surface area contributed by atoms with Gasteiger partial charge in [0.2, 0.25) is 0 Å². The van der Waals surface area contributed by atoms with E-state index in [9.17, 15) is 9.18 Å². The highest BCUT2D eigenvalue weighted by molar-refractivity contribution is 6.09. The number of hydrogen-bond donors (Lipinski definition) is 0. The third-order valence-corrected chi connectivity index (χ3v) is 4.69. The zero-order valence-corrected chi connectivity index (χ0v) is 15.7. The first-order valence-electron chi connectivity index (χ1n) is 9.36. The maximum absolute atomic E-state index is 13.0. The molecule has 4 aromatic carbocycles. The molecule has 0 radical (unpaired) electrons. The smallest absolute Gasteiger partial charge is 0.193 e. The first-order chi connectivity index (χ1) is 14.2. The number of ketones is 1. The molecule has 0 amide bonds. The zero-order valence-electron chi connectivity index (χ0n) is 15.7. The Morgan fingerprint density at radius 1 is 0.655 bits per heavy atom. The van der Waals surface area contributed by atoms with Gasteiger partial charge in [0, 0.05) is 11.1 Å². The van der Waals surface area contributed by atoms with Gasteiger partial charge < -0.3 is 4.74 Å². The lowest BCUT2D eigenvalue weighted by molar-refractivity contribution is 0.103. The van der Waals surface area contributed by atoms with E-state index in [1.165, 1.54) is 29.8 Å². The van der Waals surface area contributed by atoms with Gasteiger partial charge >= 0.3 is 0 Å². The number of halogens is 1. The molecule has 4 rings (SSSR count). The van der Waals surface area contributed by atoms with Gasteiger partial charge in [-0.15, -0.1) is 0 Å². The SMILES string of the molecule is O=C(c1ccc(F)cc1)c1ccc(OCc2ccc(-c3ccccc3)cc2)cc1. The third kappa shape index (κ3) is 4.58. The second-order valence-corrected chi connectivity index (χ2v) is 6.71. The van der Waals surface area contributed by atoms with Gasteiger partial charge in [-0.2, -0.15) is 0 Å². The maximum atomic E-state index is 13.0. The average Bonchev–Trinajstić information content (AvgIpc) is 2.79. The first kappa shape index (κ1) is 18.6. The Morgan fingerprint density at radius 2 is 1.21 bits per heavy atom. The second kappa shape index (κ2) is 8.53. The number of rotatable bonds is 6. The Labute approximate surface area is 169 Å². The van der Waals surface area contributed by atoms with Crippen molar-refractivity contribution in [2.24, 2.45) is 0 Å². The van der Waals surface area contributed by atoms with E-state index in [2.05, 4.69) is 36.4 Å². The summed E-state index contributed by atoms with van der Waals surface area (Å²) < 4.78 is 18.8. The molecule has 0 bridgehead atoms. The van der Waals surface area contributed by atoms with Crippen LogP contribution in [0.15, 0.2) is 103 Å². The number of hydrogen-bond acceptors (Lipinski definition) is 2. The van der Waals surface area contributed by atoms with Gasteiger partial charge in [0.25, 0.3) is 0 Å². The summed E-state index contributed by atoms with van der Waals surface area (Å²) in [5, 5.41) is 0. The van der Waals surface area contributed by atoms with E-state index in [0.29, 0.717) is 23.5 Å². The lowest BCUT2D eigenvalue weighted by atomic mass is 10.0. The molecule has 29 heavy (non-hydrogen) atoms. The molecular weight excluding hydrogens is 363 g/mol. The van der Waals surface area contributed by atoms with Crippen molar-refractivity contribution in [2.75, 3.05) is 0 Å². The molecule has 4 aromatic rings. The second-order valence-electron chi connectivity index (χ2n) is 6.71. The van der Waals surface area contributed by atoms with Crippen LogP contribution in [-0.4, -0.2) is 5.78 Å². The standard InChI is InChI=1S/C26H19FO2/c27-24-14-10-22(11-15-24)26(28)23-12-16-25(17-13-23)29-18-19-6-8-21(9-7-19)20-4-2-1-3-5-20/h1-17H,18H2. The number of ether oxygens (including phenoxy) is 1. The topological polar surface area (TPSA) is 26.3 Å². The summed E-state index contributed by atoms with van der Waals surface area (Å²) in [5.41, 5.74) is 4.41. The monoisotopic (exact) mass is 382 g/mol. The maximum Gasteiger partial charge on any atom is 0.193 e. The van der Waals surface area contributed by atoms with Gasteiger partial charge in [0.05, 0.1) is 0 Å². The molecule has 0 fully saturated rings. The highest BCUT2D eigenvalue weighted by Crippen LogP contribution is 2.21. The van der Waals surface area contributed by atoms with E-state index in [1.54, 1.807) is 24.3 Å². The first-order valence-corrected chi connectivity index (χ1v) is 9.36. The van der Waals surface area contributed by atoms with Gasteiger partial charge in [-0.3, -0.25) is 4.79 Å². The summed E-state index contributed by atoms with van der Waals surface area (Å²) in [6.45, 7) is 0.445. The van der Waals surface area contributed by atoms with Crippen LogP contribution in [0.25, 0.3) is 11.1 Å². The van der Waals surface area contributed by atoms with E-state index in [-0.39, 0.29) is 11.6 Å². The summed E-state index contributed by atoms with van der Waals surface area (Å²) in [7, 11) is 0. The summed E-state index contributed by atoms with van der Waals surface area (Å²) in [6.07, 6.45) is 0. The summed E-state index contributed by atoms with van der Waals surface area (Å²) in [4.78, 5) is 12.4. The van der Waals surface area contributed by atoms with Crippen molar-refractivity contribution in [3.05, 3.63) is 126 Å². The molecule has 142 valence electrons. The summed E-state index contributed by atoms with van der Waals surface area (Å²) >= 11 is 0. The Bertz CT molecular complexity index is 1080. The fourth-order valence-corrected chi connectivity index (χ4v) is 3.06. The fraction of sp³-hybridized carbons (Fsp3) is 0.0385. The Morgan fingerprint density at radius 3 is 1.83 bits per heavy atom. The van der Waals surface area contributed by atoms with Crippen molar-refractivity contribution in [3.8, 4) is 16.9 Å². The molecule has 0 aromatic heterocycles. The molecule has 0 saturated carbocycles. The van der Waals surface area contributed by atoms with Crippen molar-refractivity contribution < 1.29 is 13.9 Å². The van der Waals surface area contributed by atoms with E-state index in [4.69, 9.17) is 4.74 Å². The lowest BCUT2D eigenvalue weighted by Gasteiger charge is -2.08. The lowest BCUT2D eigenvalue weighted by Crippen LogP contribution is -2.01. The van der Waals surface area contributed by atoms with Crippen LogP contribution in [0.2, 0.25) is 0 Å². The molecule has 0 N–H and O–H groups in total. The van der Waals surface area contributed by atoms with Gasteiger partial charge in [-0.05, 0) is 65.2 Å². The highest BCUT2D eigenvalue weighted by atomic mass is 19.1. The Balaban J connectivity index is 1.38. The highest BCUT2D eigenvalue weighted by Gasteiger charge is 2.09. The largest absolute Gasteiger partial charge is 0.489 e. The number of carbonyl (C=O) groups excluding carboxylic acids is 1. The van der Waals surface area contributed by atoms with Gasteiger partial charge in [-0.1, -0.05) is 54.6 Å². The minimum atomic E-state index is -0.359. The van der Waals surface area contributed by atoms with Crippen molar-refractivity contribution >= 4 is 5.78 Å². The quantitative estimate of drug-likeness (QED) is 0.366. The van der Waals surface area contributed by atoms with Crippen LogP contribution < -0.4 is 4.74 Å². The molecule has 0 unspecified atom stereocenters. The van der Waals surface area contributed by atoms with Crippen molar-refractivity contribution in [2.45, 2.75) is 6.61 Å². The Hall–Kier alpha value is -3.72. The van der Waals surface area contributed by atoms with Gasteiger partial charge in [0.1, 0.15) is 18.2 Å². The van der Waals surface area contributed by atoms with Crippen LogP contribution in [0, 0.1) is 5.82 Å². The molecule has 0 heterocycles. The summed E-state index contributed by atoms with van der Waals surface area (Å²) in [6, 6.07) is 31.0. The van der Waals surface area contributed by atoms with E-state index in [1.807, 2.05) is 18.2 Å². The van der Waals surface area contributed by atoms with Crippen LogP contribution in [0.5, 0.6) is 5.75 Å². The van der Waals surface area contributed by atoms with E-state index < -0.39 is 0 Å². The van der Waals surface area contributed by atoms with Gasteiger partial charge in [0.15, 0.2) is 5.78 Å². The van der Waals surface area contributed by atoms with Crippen LogP contribution in [0.4, 0.5) is 4.39 Å². The predicted octanol–water partition coefficient (Wildman–Crippen LogP) is 6.30. The van der Waals surface area contributed by atoms with E-state index in [0.717, 1.165) is 11.1 Å². The number of benzene rings is 4. The predicted molar refractivity (Wildman–Crippen MR) is 112 cm³/mol. The molecule has 0 spiro atoms. The number of carbonyl (C=O) groups is 1. The summed E-state index contributed by atoms with van der Waals surface area (Å²) in [5.74, 6) is 0.183. The molecule has 3 heteroatoms. The van der Waals surface area contributed by atoms with E-state index >= 15 is 0 Å². The zero-order chi connectivity index (χ0) is 20.1. The van der Waals surface area contributed by atoms with Crippen LogP contribution >= 0.6 is 0 Å². The Kier molecular flexibility index (Phi) is 5.48. The van der Waals surface area contributed by atoms with Crippen LogP contribution in [0.1, 0.15) is 21.5 Å². The molecular formula is C26H19FO2. The van der Waals surface area contributed by atoms with Crippen molar-refractivity contribution in [1.29, 1.82) is 0 Å². The average molecular weight is 382 g/mol. The molecule has 0 aliphatic carbocycles. The molecule has 0 aliphatic rings. The molecule has 0 aliphatic heterocycles. The van der Waals surface area contributed by atoms with Crippen LogP contribution in [-0.2, 0) is 6.61 Å². The fourth-order valence-electron chi connectivity index (χ4n) is 3.06. The molecule has 2 nitrogen and oxygen atoms in total. The molecule has 0 atom stereocenters. The third-order valence-electron chi connectivity index (χ3n) is 4.69. The van der Waals surface area contributed by atoms with Crippen molar-refractivity contribution in [3.63, 3.8) is 0 Å². The normalized spacial score (nSPS) is 10.5.